The lowest BCUT2D eigenvalue weighted by Crippen LogP contribution is -2.52. The molecule has 0 radical (unpaired) electrons. The predicted molar refractivity (Wildman–Crippen MR) is 104 cm³/mol. The van der Waals surface area contributed by atoms with Gasteiger partial charge in [0.25, 0.3) is 5.91 Å². The Morgan fingerprint density at radius 3 is 2.60 bits per heavy atom. The minimum Gasteiger partial charge on any atom is -0.340 e. The van der Waals surface area contributed by atoms with Gasteiger partial charge >= 0.3 is 0 Å². The van der Waals surface area contributed by atoms with E-state index in [1.54, 1.807) is 23.5 Å². The molecular weight excluding hydrogens is 400 g/mol. The highest BCUT2D eigenvalue weighted by molar-refractivity contribution is 9.10. The van der Waals surface area contributed by atoms with Crippen LogP contribution in [-0.4, -0.2) is 29.3 Å². The maximum Gasteiger partial charge on any atom is 0.251 e. The molecule has 0 aliphatic carbocycles. The van der Waals surface area contributed by atoms with Crippen LogP contribution in [0.15, 0.2) is 40.2 Å². The minimum absolute atomic E-state index is 0.00249. The van der Waals surface area contributed by atoms with Crippen LogP contribution in [0.25, 0.3) is 0 Å². The van der Waals surface area contributed by atoms with Crippen molar-refractivity contribution in [3.63, 3.8) is 0 Å². The third-order valence-electron chi connectivity index (χ3n) is 4.45. The number of rotatable bonds is 4. The Balaban J connectivity index is 1.71. The third kappa shape index (κ3) is 4.12. The first-order valence-corrected chi connectivity index (χ1v) is 10.0. The van der Waals surface area contributed by atoms with Crippen LogP contribution in [0.5, 0.6) is 0 Å². The van der Waals surface area contributed by atoms with Gasteiger partial charge in [0.1, 0.15) is 6.04 Å². The van der Waals surface area contributed by atoms with E-state index < -0.39 is 6.04 Å². The van der Waals surface area contributed by atoms with Crippen molar-refractivity contribution in [1.29, 1.82) is 0 Å². The van der Waals surface area contributed by atoms with Gasteiger partial charge in [-0.25, -0.2) is 0 Å². The van der Waals surface area contributed by atoms with E-state index in [1.165, 1.54) is 10.4 Å². The van der Waals surface area contributed by atoms with E-state index in [4.69, 9.17) is 0 Å². The van der Waals surface area contributed by atoms with Crippen LogP contribution in [0.3, 0.4) is 0 Å². The van der Waals surface area contributed by atoms with Crippen molar-refractivity contribution in [3.8, 4) is 0 Å². The molecule has 2 aromatic rings. The van der Waals surface area contributed by atoms with E-state index in [2.05, 4.69) is 32.7 Å². The zero-order valence-corrected chi connectivity index (χ0v) is 16.7. The fourth-order valence-electron chi connectivity index (χ4n) is 2.97. The van der Waals surface area contributed by atoms with Gasteiger partial charge in [-0.05, 0) is 53.6 Å². The van der Waals surface area contributed by atoms with E-state index in [0.29, 0.717) is 18.7 Å². The summed E-state index contributed by atoms with van der Waals surface area (Å²) in [5.41, 5.74) is 1.78. The van der Waals surface area contributed by atoms with Crippen LogP contribution in [0.4, 0.5) is 0 Å². The fraction of sp³-hybridized carbons (Fsp3) is 0.368. The van der Waals surface area contributed by atoms with Crippen LogP contribution in [0.2, 0.25) is 0 Å². The average Bonchev–Trinajstić information content (AvgIpc) is 3.06. The average molecular weight is 421 g/mol. The van der Waals surface area contributed by atoms with Crippen LogP contribution in [0, 0.1) is 5.92 Å². The molecule has 0 unspecified atom stereocenters. The molecule has 2 heterocycles. The molecule has 132 valence electrons. The van der Waals surface area contributed by atoms with Gasteiger partial charge in [0.15, 0.2) is 0 Å². The lowest BCUT2D eigenvalue weighted by molar-refractivity contribution is -0.135. The Hall–Kier alpha value is -1.66. The van der Waals surface area contributed by atoms with Gasteiger partial charge < -0.3 is 10.2 Å². The van der Waals surface area contributed by atoms with Crippen molar-refractivity contribution in [2.75, 3.05) is 6.54 Å². The highest BCUT2D eigenvalue weighted by Gasteiger charge is 2.31. The topological polar surface area (TPSA) is 49.4 Å². The molecule has 0 saturated carbocycles. The van der Waals surface area contributed by atoms with Crippen LogP contribution < -0.4 is 5.32 Å². The molecule has 1 aromatic heterocycles. The lowest BCUT2D eigenvalue weighted by atomic mass is 10.0. The molecule has 1 aromatic carbocycles. The molecule has 1 N–H and O–H groups in total. The standard InChI is InChI=1S/C19H21BrN2O2S/c1-12(2)17(21-18(23)13-3-5-15(20)6-4-13)19(24)22-9-7-16-14(11-22)8-10-25-16/h3-6,8,10,12,17H,7,9,11H2,1-2H3,(H,21,23)/t17-/m0/s1. The summed E-state index contributed by atoms with van der Waals surface area (Å²) >= 11 is 5.11. The second-order valence-electron chi connectivity index (χ2n) is 6.58. The molecule has 1 aliphatic heterocycles. The number of hydrogen-bond donors (Lipinski definition) is 1. The summed E-state index contributed by atoms with van der Waals surface area (Å²) in [4.78, 5) is 28.7. The number of carbonyl (C=O) groups excluding carboxylic acids is 2. The number of nitrogens with zero attached hydrogens (tertiary/aromatic N) is 1. The van der Waals surface area contributed by atoms with Crippen molar-refractivity contribution in [2.45, 2.75) is 32.9 Å². The molecule has 1 aliphatic rings. The lowest BCUT2D eigenvalue weighted by Gasteiger charge is -2.32. The van der Waals surface area contributed by atoms with Crippen molar-refractivity contribution < 1.29 is 9.59 Å². The number of halogens is 1. The molecule has 0 fully saturated rings. The van der Waals surface area contributed by atoms with Crippen molar-refractivity contribution in [1.82, 2.24) is 10.2 Å². The Morgan fingerprint density at radius 2 is 1.92 bits per heavy atom. The van der Waals surface area contributed by atoms with Gasteiger partial charge in [-0.1, -0.05) is 29.8 Å². The second-order valence-corrected chi connectivity index (χ2v) is 8.50. The highest BCUT2D eigenvalue weighted by Crippen LogP contribution is 2.25. The van der Waals surface area contributed by atoms with Crippen molar-refractivity contribution in [2.24, 2.45) is 5.92 Å². The summed E-state index contributed by atoms with van der Waals surface area (Å²) in [5, 5.41) is 5.00. The van der Waals surface area contributed by atoms with Crippen molar-refractivity contribution >= 4 is 39.1 Å². The third-order valence-corrected chi connectivity index (χ3v) is 6.00. The quantitative estimate of drug-likeness (QED) is 0.816. The molecule has 6 heteroatoms. The molecule has 0 saturated heterocycles. The number of fused-ring (bicyclic) bond motifs is 1. The van der Waals surface area contributed by atoms with E-state index in [9.17, 15) is 9.59 Å². The predicted octanol–water partition coefficient (Wildman–Crippen LogP) is 3.85. The molecule has 0 spiro atoms. The Kier molecular flexibility index (Phi) is 5.59. The summed E-state index contributed by atoms with van der Waals surface area (Å²) in [5.74, 6) is -0.194. The monoisotopic (exact) mass is 420 g/mol. The maximum atomic E-state index is 13.0. The van der Waals surface area contributed by atoms with Crippen LogP contribution in [0.1, 0.15) is 34.6 Å². The number of benzene rings is 1. The number of amides is 2. The Labute approximate surface area is 160 Å². The molecule has 1 atom stereocenters. The molecule has 2 amide bonds. The zero-order chi connectivity index (χ0) is 18.0. The highest BCUT2D eigenvalue weighted by atomic mass is 79.9. The Morgan fingerprint density at radius 1 is 1.20 bits per heavy atom. The van der Waals surface area contributed by atoms with Crippen molar-refractivity contribution in [3.05, 3.63) is 56.2 Å². The maximum absolute atomic E-state index is 13.0. The van der Waals surface area contributed by atoms with Gasteiger partial charge in [-0.3, -0.25) is 9.59 Å². The number of nitrogens with one attached hydrogen (secondary N) is 1. The normalized spacial score (nSPS) is 15.0. The van der Waals surface area contributed by atoms with Gasteiger partial charge in [-0.2, -0.15) is 0 Å². The number of carbonyl (C=O) groups is 2. The van der Waals surface area contributed by atoms with Gasteiger partial charge in [-0.15, -0.1) is 11.3 Å². The SMILES string of the molecule is CC(C)[C@H](NC(=O)c1ccc(Br)cc1)C(=O)N1CCc2sccc2C1. The van der Waals surface area contributed by atoms with Gasteiger partial charge in [0.05, 0.1) is 0 Å². The first-order valence-electron chi connectivity index (χ1n) is 8.36. The number of thiophene rings is 1. The smallest absolute Gasteiger partial charge is 0.251 e. The van der Waals surface area contributed by atoms with E-state index in [-0.39, 0.29) is 17.7 Å². The minimum atomic E-state index is -0.517. The molecule has 25 heavy (non-hydrogen) atoms. The largest absolute Gasteiger partial charge is 0.340 e. The van der Waals surface area contributed by atoms with E-state index in [1.807, 2.05) is 30.9 Å². The summed E-state index contributed by atoms with van der Waals surface area (Å²) in [6.07, 6.45) is 0.893. The fourth-order valence-corrected chi connectivity index (χ4v) is 4.13. The number of hydrogen-bond acceptors (Lipinski definition) is 3. The van der Waals surface area contributed by atoms with E-state index in [0.717, 1.165) is 10.9 Å². The molecule has 4 nitrogen and oxygen atoms in total. The first-order chi connectivity index (χ1) is 12.0. The first kappa shape index (κ1) is 18.1. The van der Waals surface area contributed by atoms with Crippen LogP contribution in [-0.2, 0) is 17.8 Å². The molecular formula is C19H21BrN2O2S. The second kappa shape index (κ2) is 7.70. The van der Waals surface area contributed by atoms with Gasteiger partial charge in [0.2, 0.25) is 5.91 Å². The zero-order valence-electron chi connectivity index (χ0n) is 14.3. The molecule has 3 rings (SSSR count). The summed E-state index contributed by atoms with van der Waals surface area (Å²) in [6, 6.07) is 8.72. The Bertz CT molecular complexity index is 770. The van der Waals surface area contributed by atoms with E-state index >= 15 is 0 Å². The van der Waals surface area contributed by atoms with Gasteiger partial charge in [0, 0.05) is 28.0 Å². The molecule has 0 bridgehead atoms. The summed E-state index contributed by atoms with van der Waals surface area (Å²) in [6.45, 7) is 5.27. The summed E-state index contributed by atoms with van der Waals surface area (Å²) < 4.78 is 0.917. The van der Waals surface area contributed by atoms with Crippen LogP contribution >= 0.6 is 27.3 Å². The summed E-state index contributed by atoms with van der Waals surface area (Å²) in [7, 11) is 0.